The lowest BCUT2D eigenvalue weighted by molar-refractivity contribution is 0.474. The van der Waals surface area contributed by atoms with Crippen molar-refractivity contribution in [1.29, 1.82) is 0 Å². The number of aromatic nitrogens is 1. The second-order valence-electron chi connectivity index (χ2n) is 4.24. The number of nitrogens with zero attached hydrogens (tertiary/aromatic N) is 1. The predicted octanol–water partition coefficient (Wildman–Crippen LogP) is 3.76. The average molecular weight is 252 g/mol. The molecule has 4 heteroatoms. The number of hydrogen-bond donors (Lipinski definition) is 1. The van der Waals surface area contributed by atoms with Gasteiger partial charge in [-0.25, -0.2) is 4.98 Å². The van der Waals surface area contributed by atoms with E-state index in [9.17, 15) is 0 Å². The number of aryl methyl sites for hydroxylation is 1. The van der Waals surface area contributed by atoms with Crippen molar-refractivity contribution in [1.82, 2.24) is 4.98 Å². The van der Waals surface area contributed by atoms with Crippen molar-refractivity contribution in [3.63, 3.8) is 0 Å². The summed E-state index contributed by atoms with van der Waals surface area (Å²) in [5, 5.41) is 5.23. The Morgan fingerprint density at radius 1 is 1.44 bits per heavy atom. The second kappa shape index (κ2) is 4.28. The Kier molecular flexibility index (Phi) is 3.15. The zero-order valence-corrected chi connectivity index (χ0v) is 11.4. The zero-order valence-electron chi connectivity index (χ0n) is 9.78. The van der Waals surface area contributed by atoms with Gasteiger partial charge in [-0.05, 0) is 37.3 Å². The normalized spacial score (nSPS) is 15.0. The third-order valence-corrected chi connectivity index (χ3v) is 4.98. The molecular weight excluding hydrogens is 236 g/mol. The summed E-state index contributed by atoms with van der Waals surface area (Å²) in [5.74, 6) is 0. The molecule has 0 amide bonds. The molecule has 0 radical (unpaired) electrons. The van der Waals surface area contributed by atoms with Gasteiger partial charge < -0.3 is 5.73 Å². The van der Waals surface area contributed by atoms with Crippen LogP contribution < -0.4 is 5.73 Å². The van der Waals surface area contributed by atoms with Gasteiger partial charge in [0.15, 0.2) is 0 Å². The van der Waals surface area contributed by atoms with Gasteiger partial charge in [0.2, 0.25) is 0 Å². The van der Waals surface area contributed by atoms with Gasteiger partial charge in [0.05, 0.1) is 16.1 Å². The maximum Gasteiger partial charge on any atom is 0.113 e. The molecule has 0 spiro atoms. The zero-order chi connectivity index (χ0) is 11.8. The third kappa shape index (κ3) is 2.05. The fourth-order valence-corrected chi connectivity index (χ4v) is 3.35. The first-order valence-electron chi connectivity index (χ1n) is 5.34. The molecule has 1 unspecified atom stereocenters. The van der Waals surface area contributed by atoms with Crippen LogP contribution in [0, 0.1) is 6.92 Å². The van der Waals surface area contributed by atoms with E-state index < -0.39 is 0 Å². The molecule has 86 valence electrons. The van der Waals surface area contributed by atoms with E-state index in [0.717, 1.165) is 17.1 Å². The van der Waals surface area contributed by atoms with Crippen molar-refractivity contribution >= 4 is 22.7 Å². The van der Waals surface area contributed by atoms with Crippen molar-refractivity contribution in [2.75, 3.05) is 0 Å². The quantitative estimate of drug-likeness (QED) is 0.903. The Balaban J connectivity index is 2.37. The van der Waals surface area contributed by atoms with Crippen molar-refractivity contribution in [2.24, 2.45) is 5.73 Å². The van der Waals surface area contributed by atoms with E-state index in [-0.39, 0.29) is 5.54 Å². The highest BCUT2D eigenvalue weighted by Crippen LogP contribution is 2.33. The first-order chi connectivity index (χ1) is 7.54. The van der Waals surface area contributed by atoms with Gasteiger partial charge >= 0.3 is 0 Å². The molecule has 0 bridgehead atoms. The van der Waals surface area contributed by atoms with Crippen LogP contribution in [0.1, 0.15) is 30.8 Å². The van der Waals surface area contributed by atoms with E-state index in [4.69, 9.17) is 5.73 Å². The molecule has 16 heavy (non-hydrogen) atoms. The molecule has 1 atom stereocenters. The monoisotopic (exact) mass is 252 g/mol. The average Bonchev–Trinajstić information content (AvgIpc) is 2.85. The van der Waals surface area contributed by atoms with Gasteiger partial charge in [-0.2, -0.15) is 0 Å². The van der Waals surface area contributed by atoms with E-state index in [1.807, 2.05) is 6.92 Å². The third-order valence-electron chi connectivity index (χ3n) is 2.82. The maximum atomic E-state index is 6.19. The first kappa shape index (κ1) is 11.8. The Morgan fingerprint density at radius 3 is 2.75 bits per heavy atom. The first-order valence-corrected chi connectivity index (χ1v) is 7.10. The molecule has 0 fully saturated rings. The van der Waals surface area contributed by atoms with E-state index >= 15 is 0 Å². The lowest BCUT2D eigenvalue weighted by atomic mass is 10.0. The van der Waals surface area contributed by atoms with Gasteiger partial charge in [0, 0.05) is 5.38 Å². The standard InChI is InChI=1S/C12H16N2S2/c1-4-12(3,13)11-14-9(7-16-11)10-8(2)5-6-15-10/h5-7H,4,13H2,1-3H3. The molecule has 2 aromatic rings. The summed E-state index contributed by atoms with van der Waals surface area (Å²) in [6.07, 6.45) is 0.906. The number of thiazole rings is 1. The van der Waals surface area contributed by atoms with E-state index in [0.29, 0.717) is 0 Å². The molecule has 0 aliphatic carbocycles. The second-order valence-corrected chi connectivity index (χ2v) is 6.02. The minimum Gasteiger partial charge on any atom is -0.320 e. The van der Waals surface area contributed by atoms with Gasteiger partial charge in [-0.1, -0.05) is 6.92 Å². The largest absolute Gasteiger partial charge is 0.320 e. The van der Waals surface area contributed by atoms with Crippen molar-refractivity contribution in [3.8, 4) is 10.6 Å². The molecule has 2 heterocycles. The lowest BCUT2D eigenvalue weighted by Gasteiger charge is -2.18. The van der Waals surface area contributed by atoms with E-state index in [1.165, 1.54) is 10.4 Å². The fourth-order valence-electron chi connectivity index (χ4n) is 1.43. The summed E-state index contributed by atoms with van der Waals surface area (Å²) >= 11 is 3.40. The van der Waals surface area contributed by atoms with Crippen LogP contribution in [0.2, 0.25) is 0 Å². The minimum atomic E-state index is -0.298. The van der Waals surface area contributed by atoms with Crippen LogP contribution in [0.3, 0.4) is 0 Å². The molecule has 0 aliphatic heterocycles. The number of thiophene rings is 1. The highest BCUT2D eigenvalue weighted by molar-refractivity contribution is 7.14. The molecule has 2 aromatic heterocycles. The van der Waals surface area contributed by atoms with Crippen LogP contribution in [0.5, 0.6) is 0 Å². The Morgan fingerprint density at radius 2 is 2.19 bits per heavy atom. The van der Waals surface area contributed by atoms with Gasteiger partial charge in [0.1, 0.15) is 5.01 Å². The highest BCUT2D eigenvalue weighted by atomic mass is 32.1. The number of nitrogens with two attached hydrogens (primary N) is 1. The molecule has 0 saturated carbocycles. The molecule has 2 rings (SSSR count). The summed E-state index contributed by atoms with van der Waals surface area (Å²) in [6, 6.07) is 2.13. The predicted molar refractivity (Wildman–Crippen MR) is 72.0 cm³/mol. The van der Waals surface area contributed by atoms with Gasteiger partial charge in [-0.15, -0.1) is 22.7 Å². The summed E-state index contributed by atoms with van der Waals surface area (Å²) in [5.41, 5.74) is 8.25. The van der Waals surface area contributed by atoms with Crippen molar-refractivity contribution < 1.29 is 0 Å². The fraction of sp³-hybridized carbons (Fsp3) is 0.417. The summed E-state index contributed by atoms with van der Waals surface area (Å²) in [4.78, 5) is 5.92. The van der Waals surface area contributed by atoms with E-state index in [1.54, 1.807) is 22.7 Å². The number of rotatable bonds is 3. The SMILES string of the molecule is CCC(C)(N)c1nc(-c2sccc2C)cs1. The number of hydrogen-bond acceptors (Lipinski definition) is 4. The van der Waals surface area contributed by atoms with E-state index in [2.05, 4.69) is 35.7 Å². The maximum absolute atomic E-state index is 6.19. The van der Waals surface area contributed by atoms with Crippen molar-refractivity contribution in [3.05, 3.63) is 27.4 Å². The minimum absolute atomic E-state index is 0.298. The Labute approximate surface area is 104 Å². The Hall–Kier alpha value is -0.710. The summed E-state index contributed by atoms with van der Waals surface area (Å²) in [7, 11) is 0. The summed E-state index contributed by atoms with van der Waals surface area (Å²) < 4.78 is 0. The van der Waals surface area contributed by atoms with Crippen LogP contribution >= 0.6 is 22.7 Å². The molecule has 0 aromatic carbocycles. The van der Waals surface area contributed by atoms with Crippen LogP contribution in [0.4, 0.5) is 0 Å². The topological polar surface area (TPSA) is 38.9 Å². The van der Waals surface area contributed by atoms with Crippen LogP contribution in [0.25, 0.3) is 10.6 Å². The summed E-state index contributed by atoms with van der Waals surface area (Å²) in [6.45, 7) is 6.25. The molecule has 0 aliphatic rings. The van der Waals surface area contributed by atoms with Crippen molar-refractivity contribution in [2.45, 2.75) is 32.7 Å². The van der Waals surface area contributed by atoms with Crippen LogP contribution in [-0.4, -0.2) is 4.98 Å². The van der Waals surface area contributed by atoms with Crippen LogP contribution in [0.15, 0.2) is 16.8 Å². The molecule has 2 nitrogen and oxygen atoms in total. The molecule has 0 saturated heterocycles. The van der Waals surface area contributed by atoms with Gasteiger partial charge in [-0.3, -0.25) is 0 Å². The highest BCUT2D eigenvalue weighted by Gasteiger charge is 2.23. The smallest absolute Gasteiger partial charge is 0.113 e. The lowest BCUT2D eigenvalue weighted by Crippen LogP contribution is -2.31. The Bertz CT molecular complexity index is 483. The molecular formula is C12H16N2S2. The van der Waals surface area contributed by atoms with Crippen LogP contribution in [-0.2, 0) is 5.54 Å². The van der Waals surface area contributed by atoms with Gasteiger partial charge in [0.25, 0.3) is 0 Å². The molecule has 2 N–H and O–H groups in total.